The van der Waals surface area contributed by atoms with Crippen molar-refractivity contribution < 1.29 is 9.18 Å². The van der Waals surface area contributed by atoms with Gasteiger partial charge in [0.1, 0.15) is 5.82 Å². The first kappa shape index (κ1) is 18.2. The summed E-state index contributed by atoms with van der Waals surface area (Å²) in [5.41, 5.74) is 0.909. The molecular weight excluding hydrogens is 315 g/mol. The lowest BCUT2D eigenvalue weighted by Gasteiger charge is -2.27. The first-order valence-corrected chi connectivity index (χ1v) is 8.17. The fourth-order valence-corrected chi connectivity index (χ4v) is 3.64. The summed E-state index contributed by atoms with van der Waals surface area (Å²) in [6, 6.07) is 6.64. The average molecular weight is 341 g/mol. The quantitative estimate of drug-likeness (QED) is 0.884. The lowest BCUT2D eigenvalue weighted by Crippen LogP contribution is -2.39. The van der Waals surface area contributed by atoms with E-state index < -0.39 is 0 Å². The highest BCUT2D eigenvalue weighted by Crippen LogP contribution is 2.58. The maximum absolute atomic E-state index is 13.4. The van der Waals surface area contributed by atoms with Crippen molar-refractivity contribution >= 4 is 18.3 Å². The zero-order chi connectivity index (χ0) is 15.8. The van der Waals surface area contributed by atoms with E-state index >= 15 is 0 Å². The van der Waals surface area contributed by atoms with E-state index in [0.29, 0.717) is 6.54 Å². The number of carbonyl (C=O) groups excluding carboxylic acids is 1. The van der Waals surface area contributed by atoms with Crippen LogP contribution in [0.15, 0.2) is 24.3 Å². The van der Waals surface area contributed by atoms with Gasteiger partial charge in [0.25, 0.3) is 0 Å². The second kappa shape index (κ2) is 6.78. The van der Waals surface area contributed by atoms with Gasteiger partial charge in [0.2, 0.25) is 5.91 Å². The SMILES string of the molecule is CC(C)(CNC(=O)C1CC12CCNCC2)c1cccc(F)c1.Cl. The molecule has 1 aromatic carbocycles. The summed E-state index contributed by atoms with van der Waals surface area (Å²) in [6.45, 7) is 6.67. The van der Waals surface area contributed by atoms with Crippen molar-refractivity contribution in [3.05, 3.63) is 35.6 Å². The third kappa shape index (κ3) is 3.86. The number of benzene rings is 1. The smallest absolute Gasteiger partial charge is 0.223 e. The van der Waals surface area contributed by atoms with Crippen LogP contribution in [-0.4, -0.2) is 25.5 Å². The van der Waals surface area contributed by atoms with Crippen LogP contribution in [0, 0.1) is 17.2 Å². The first-order valence-electron chi connectivity index (χ1n) is 8.17. The van der Waals surface area contributed by atoms with E-state index in [9.17, 15) is 9.18 Å². The van der Waals surface area contributed by atoms with Crippen LogP contribution in [0.1, 0.15) is 38.7 Å². The van der Waals surface area contributed by atoms with Crippen molar-refractivity contribution in [2.75, 3.05) is 19.6 Å². The number of hydrogen-bond donors (Lipinski definition) is 2. The third-order valence-electron chi connectivity index (χ3n) is 5.42. The predicted molar refractivity (Wildman–Crippen MR) is 92.3 cm³/mol. The Morgan fingerprint density at radius 3 is 2.74 bits per heavy atom. The number of halogens is 2. The molecule has 128 valence electrons. The first-order chi connectivity index (χ1) is 10.4. The summed E-state index contributed by atoms with van der Waals surface area (Å²) < 4.78 is 13.4. The number of carbonyl (C=O) groups is 1. The molecule has 2 N–H and O–H groups in total. The van der Waals surface area contributed by atoms with Crippen LogP contribution in [0.4, 0.5) is 4.39 Å². The molecule has 23 heavy (non-hydrogen) atoms. The standard InChI is InChI=1S/C18H25FN2O.ClH/c1-17(2,13-4-3-5-14(19)10-13)12-21-16(22)15-11-18(15)6-8-20-9-7-18;/h3-5,10,15,20H,6-9,11-12H2,1-2H3,(H,21,22);1H. The predicted octanol–water partition coefficient (Wildman–Crippen LogP) is 3.03. The van der Waals surface area contributed by atoms with Crippen molar-refractivity contribution in [1.82, 2.24) is 10.6 Å². The van der Waals surface area contributed by atoms with E-state index in [0.717, 1.165) is 37.9 Å². The van der Waals surface area contributed by atoms with Gasteiger partial charge in [-0.3, -0.25) is 4.79 Å². The van der Waals surface area contributed by atoms with Crippen LogP contribution in [0.25, 0.3) is 0 Å². The fraction of sp³-hybridized carbons (Fsp3) is 0.611. The molecule has 0 aromatic heterocycles. The van der Waals surface area contributed by atoms with Gasteiger partial charge in [-0.1, -0.05) is 26.0 Å². The summed E-state index contributed by atoms with van der Waals surface area (Å²) in [6.07, 6.45) is 3.25. The number of nitrogens with one attached hydrogen (secondary N) is 2. The third-order valence-corrected chi connectivity index (χ3v) is 5.42. The molecule has 1 aromatic rings. The maximum atomic E-state index is 13.4. The molecule has 1 aliphatic carbocycles. The van der Waals surface area contributed by atoms with Gasteiger partial charge in [0, 0.05) is 17.9 Å². The molecule has 2 aliphatic rings. The molecule has 1 spiro atoms. The van der Waals surface area contributed by atoms with Crippen molar-refractivity contribution in [2.24, 2.45) is 11.3 Å². The molecule has 1 unspecified atom stereocenters. The van der Waals surface area contributed by atoms with Gasteiger partial charge < -0.3 is 10.6 Å². The Balaban J connectivity index is 0.00000192. The van der Waals surface area contributed by atoms with E-state index in [1.54, 1.807) is 12.1 Å². The Bertz CT molecular complexity index is 570. The van der Waals surface area contributed by atoms with Crippen molar-refractivity contribution in [3.8, 4) is 0 Å². The zero-order valence-electron chi connectivity index (χ0n) is 13.8. The minimum absolute atomic E-state index is 0. The molecule has 1 saturated heterocycles. The number of rotatable bonds is 4. The van der Waals surface area contributed by atoms with Crippen LogP contribution < -0.4 is 10.6 Å². The highest BCUT2D eigenvalue weighted by Gasteiger charge is 2.57. The van der Waals surface area contributed by atoms with Crippen LogP contribution in [-0.2, 0) is 10.2 Å². The second-order valence-corrected chi connectivity index (χ2v) is 7.48. The minimum atomic E-state index is -0.270. The maximum Gasteiger partial charge on any atom is 0.223 e. The largest absolute Gasteiger partial charge is 0.355 e. The number of hydrogen-bond acceptors (Lipinski definition) is 2. The molecule has 1 heterocycles. The Morgan fingerprint density at radius 2 is 2.09 bits per heavy atom. The molecule has 2 fully saturated rings. The van der Waals surface area contributed by atoms with Crippen LogP contribution in [0.3, 0.4) is 0 Å². The Morgan fingerprint density at radius 1 is 1.39 bits per heavy atom. The van der Waals surface area contributed by atoms with Crippen molar-refractivity contribution in [2.45, 2.75) is 38.5 Å². The normalized spacial score (nSPS) is 22.3. The van der Waals surface area contributed by atoms with E-state index in [2.05, 4.69) is 10.6 Å². The van der Waals surface area contributed by atoms with Gasteiger partial charge in [-0.15, -0.1) is 12.4 Å². The van der Waals surface area contributed by atoms with E-state index in [4.69, 9.17) is 0 Å². The number of amides is 1. The molecule has 1 amide bonds. The van der Waals surface area contributed by atoms with E-state index in [-0.39, 0.29) is 40.9 Å². The van der Waals surface area contributed by atoms with Crippen LogP contribution >= 0.6 is 12.4 Å². The molecule has 3 rings (SSSR count). The topological polar surface area (TPSA) is 41.1 Å². The highest BCUT2D eigenvalue weighted by molar-refractivity contribution is 5.85. The van der Waals surface area contributed by atoms with Gasteiger partial charge in [-0.05, 0) is 55.5 Å². The van der Waals surface area contributed by atoms with E-state index in [1.165, 1.54) is 6.07 Å². The highest BCUT2D eigenvalue weighted by atomic mass is 35.5. The van der Waals surface area contributed by atoms with Crippen LogP contribution in [0.2, 0.25) is 0 Å². The molecule has 3 nitrogen and oxygen atoms in total. The lowest BCUT2D eigenvalue weighted by molar-refractivity contribution is -0.123. The van der Waals surface area contributed by atoms with Gasteiger partial charge in [0.15, 0.2) is 0 Å². The lowest BCUT2D eigenvalue weighted by atomic mass is 9.84. The molecule has 1 aliphatic heterocycles. The Hall–Kier alpha value is -1.13. The molecule has 1 atom stereocenters. The Kier molecular flexibility index (Phi) is 5.37. The van der Waals surface area contributed by atoms with Gasteiger partial charge >= 0.3 is 0 Å². The molecule has 5 heteroatoms. The van der Waals surface area contributed by atoms with Gasteiger partial charge in [0.05, 0.1) is 0 Å². The van der Waals surface area contributed by atoms with Gasteiger partial charge in [-0.25, -0.2) is 4.39 Å². The second-order valence-electron chi connectivity index (χ2n) is 7.48. The minimum Gasteiger partial charge on any atom is -0.355 e. The molecular formula is C18H26ClFN2O. The van der Waals surface area contributed by atoms with Crippen molar-refractivity contribution in [1.29, 1.82) is 0 Å². The van der Waals surface area contributed by atoms with Crippen LogP contribution in [0.5, 0.6) is 0 Å². The summed E-state index contributed by atoms with van der Waals surface area (Å²) in [5, 5.41) is 6.45. The summed E-state index contributed by atoms with van der Waals surface area (Å²) in [4.78, 5) is 12.4. The fourth-order valence-electron chi connectivity index (χ4n) is 3.64. The molecule has 1 saturated carbocycles. The summed E-state index contributed by atoms with van der Waals surface area (Å²) in [7, 11) is 0. The molecule has 0 bridgehead atoms. The number of piperidine rings is 1. The average Bonchev–Trinajstić information content (AvgIpc) is 3.19. The summed E-state index contributed by atoms with van der Waals surface area (Å²) in [5.74, 6) is 0.122. The Labute approximate surface area is 143 Å². The molecule has 0 radical (unpaired) electrons. The van der Waals surface area contributed by atoms with Gasteiger partial charge in [-0.2, -0.15) is 0 Å². The van der Waals surface area contributed by atoms with E-state index in [1.807, 2.05) is 19.9 Å². The monoisotopic (exact) mass is 340 g/mol. The zero-order valence-corrected chi connectivity index (χ0v) is 14.6. The van der Waals surface area contributed by atoms with Crippen molar-refractivity contribution in [3.63, 3.8) is 0 Å². The summed E-state index contributed by atoms with van der Waals surface area (Å²) >= 11 is 0.